The number of rotatable bonds is 5. The fraction of sp³-hybridized carbons (Fsp3) is 0.600. The smallest absolute Gasteiger partial charge is 0.200 e. The monoisotopic (exact) mass is 318 g/mol. The van der Waals surface area contributed by atoms with E-state index in [-0.39, 0.29) is 12.2 Å². The van der Waals surface area contributed by atoms with E-state index < -0.39 is 6.10 Å². The molecule has 0 bridgehead atoms. The van der Waals surface area contributed by atoms with Crippen LogP contribution in [-0.4, -0.2) is 73.1 Å². The van der Waals surface area contributed by atoms with E-state index in [2.05, 4.69) is 39.3 Å². The molecule has 0 aromatic carbocycles. The largest absolute Gasteiger partial charge is 0.390 e. The number of nitrogens with zero attached hydrogens (tertiary/aromatic N) is 6. The van der Waals surface area contributed by atoms with Gasteiger partial charge in [-0.15, -0.1) is 5.10 Å². The molecule has 3 heterocycles. The summed E-state index contributed by atoms with van der Waals surface area (Å²) >= 11 is 0. The molecule has 1 N–H and O–H groups in total. The molecule has 1 aliphatic heterocycles. The van der Waals surface area contributed by atoms with E-state index in [0.29, 0.717) is 24.6 Å². The van der Waals surface area contributed by atoms with Crippen molar-refractivity contribution >= 4 is 0 Å². The predicted molar refractivity (Wildman–Crippen MR) is 83.5 cm³/mol. The zero-order valence-corrected chi connectivity index (χ0v) is 13.4. The zero-order chi connectivity index (χ0) is 16.2. The SMILES string of the molecule is C[C@@H]1CN(C[C@@H](O)Cn2nnnc2-c2ccccn2)C[C@H](C)O1. The van der Waals surface area contributed by atoms with Crippen LogP contribution in [0.1, 0.15) is 13.8 Å². The van der Waals surface area contributed by atoms with Gasteiger partial charge < -0.3 is 9.84 Å². The first kappa shape index (κ1) is 16.0. The average Bonchev–Trinajstić information content (AvgIpc) is 2.95. The lowest BCUT2D eigenvalue weighted by atomic mass is 10.2. The summed E-state index contributed by atoms with van der Waals surface area (Å²) in [6.07, 6.45) is 1.51. The summed E-state index contributed by atoms with van der Waals surface area (Å²) in [5.41, 5.74) is 0.693. The third-order valence-electron chi connectivity index (χ3n) is 3.77. The van der Waals surface area contributed by atoms with Gasteiger partial charge in [0.05, 0.1) is 24.9 Å². The first-order chi connectivity index (χ1) is 11.1. The maximum absolute atomic E-state index is 10.4. The minimum Gasteiger partial charge on any atom is -0.390 e. The van der Waals surface area contributed by atoms with Gasteiger partial charge in [0.15, 0.2) is 0 Å². The van der Waals surface area contributed by atoms with Crippen molar-refractivity contribution in [3.05, 3.63) is 24.4 Å². The first-order valence-corrected chi connectivity index (χ1v) is 7.85. The Kier molecular flexibility index (Phi) is 4.94. The van der Waals surface area contributed by atoms with Crippen molar-refractivity contribution < 1.29 is 9.84 Å². The van der Waals surface area contributed by atoms with Gasteiger partial charge in [-0.25, -0.2) is 4.68 Å². The zero-order valence-electron chi connectivity index (χ0n) is 13.4. The van der Waals surface area contributed by atoms with E-state index in [9.17, 15) is 5.11 Å². The van der Waals surface area contributed by atoms with E-state index in [1.807, 2.05) is 18.2 Å². The summed E-state index contributed by atoms with van der Waals surface area (Å²) < 4.78 is 7.31. The van der Waals surface area contributed by atoms with Crippen LogP contribution in [0.15, 0.2) is 24.4 Å². The Bertz CT molecular complexity index is 609. The highest BCUT2D eigenvalue weighted by molar-refractivity contribution is 5.47. The molecule has 3 rings (SSSR count). The van der Waals surface area contributed by atoms with Crippen molar-refractivity contribution in [1.82, 2.24) is 30.1 Å². The van der Waals surface area contributed by atoms with Gasteiger partial charge in [-0.1, -0.05) is 6.07 Å². The van der Waals surface area contributed by atoms with E-state index in [0.717, 1.165) is 13.1 Å². The van der Waals surface area contributed by atoms with Crippen molar-refractivity contribution in [2.75, 3.05) is 19.6 Å². The molecule has 3 atom stereocenters. The molecule has 0 amide bonds. The minimum absolute atomic E-state index is 0.183. The predicted octanol–water partition coefficient (Wildman–Crippen LogP) is 0.205. The highest BCUT2D eigenvalue weighted by Crippen LogP contribution is 2.14. The molecule has 8 heteroatoms. The van der Waals surface area contributed by atoms with Crippen LogP contribution < -0.4 is 0 Å². The molecule has 0 radical (unpaired) electrons. The maximum atomic E-state index is 10.4. The van der Waals surface area contributed by atoms with E-state index in [1.165, 1.54) is 0 Å². The number of hydrogen-bond donors (Lipinski definition) is 1. The van der Waals surface area contributed by atoms with Gasteiger partial charge in [0.1, 0.15) is 5.69 Å². The third-order valence-corrected chi connectivity index (χ3v) is 3.77. The van der Waals surface area contributed by atoms with Crippen LogP contribution in [0.2, 0.25) is 0 Å². The second-order valence-corrected chi connectivity index (χ2v) is 6.03. The van der Waals surface area contributed by atoms with Gasteiger partial charge in [-0.2, -0.15) is 0 Å². The second kappa shape index (κ2) is 7.12. The van der Waals surface area contributed by atoms with Gasteiger partial charge >= 0.3 is 0 Å². The lowest BCUT2D eigenvalue weighted by molar-refractivity contribution is -0.0774. The number of hydrogen-bond acceptors (Lipinski definition) is 7. The van der Waals surface area contributed by atoms with Gasteiger partial charge in [-0.3, -0.25) is 9.88 Å². The van der Waals surface area contributed by atoms with Crippen molar-refractivity contribution in [1.29, 1.82) is 0 Å². The molecular formula is C15H22N6O2. The lowest BCUT2D eigenvalue weighted by Crippen LogP contribution is -2.48. The Morgan fingerprint density at radius 1 is 1.26 bits per heavy atom. The highest BCUT2D eigenvalue weighted by atomic mass is 16.5. The summed E-state index contributed by atoms with van der Waals surface area (Å²) in [7, 11) is 0. The number of aliphatic hydroxyl groups excluding tert-OH is 1. The van der Waals surface area contributed by atoms with Crippen molar-refractivity contribution in [3.8, 4) is 11.5 Å². The Hall–Kier alpha value is -1.90. The molecule has 1 saturated heterocycles. The van der Waals surface area contributed by atoms with Gasteiger partial charge in [0.2, 0.25) is 5.82 Å². The van der Waals surface area contributed by atoms with Crippen molar-refractivity contribution in [3.63, 3.8) is 0 Å². The number of morpholine rings is 1. The quantitative estimate of drug-likeness (QED) is 0.842. The lowest BCUT2D eigenvalue weighted by Gasteiger charge is -2.36. The molecule has 0 aliphatic carbocycles. The Labute approximate surface area is 135 Å². The summed E-state index contributed by atoms with van der Waals surface area (Å²) in [5.74, 6) is 0.563. The molecule has 0 unspecified atom stereocenters. The molecule has 1 fully saturated rings. The van der Waals surface area contributed by atoms with Crippen molar-refractivity contribution in [2.24, 2.45) is 0 Å². The normalized spacial score (nSPS) is 23.8. The van der Waals surface area contributed by atoms with Crippen LogP contribution >= 0.6 is 0 Å². The number of β-amino-alcohol motifs (C(OH)–C–C–N with tert-alkyl or cyclic N) is 1. The number of pyridine rings is 1. The standard InChI is InChI=1S/C15H22N6O2/c1-11-7-20(8-12(2)23-11)9-13(22)10-21-15(17-18-19-21)14-5-3-4-6-16-14/h3-6,11-13,22H,7-10H2,1-2H3/t11-,12+,13-/m1/s1. The van der Waals surface area contributed by atoms with Crippen LogP contribution in [0.25, 0.3) is 11.5 Å². The highest BCUT2D eigenvalue weighted by Gasteiger charge is 2.24. The molecule has 8 nitrogen and oxygen atoms in total. The Balaban J connectivity index is 1.63. The molecule has 124 valence electrons. The fourth-order valence-corrected chi connectivity index (χ4v) is 2.99. The Morgan fingerprint density at radius 3 is 2.74 bits per heavy atom. The summed E-state index contributed by atoms with van der Waals surface area (Å²) in [4.78, 5) is 6.47. The van der Waals surface area contributed by atoms with Gasteiger partial charge in [0, 0.05) is 25.8 Å². The van der Waals surface area contributed by atoms with E-state index in [4.69, 9.17) is 4.74 Å². The second-order valence-electron chi connectivity index (χ2n) is 6.03. The summed E-state index contributed by atoms with van der Waals surface area (Å²) in [5, 5.41) is 22.1. The van der Waals surface area contributed by atoms with Crippen LogP contribution in [0.4, 0.5) is 0 Å². The summed E-state index contributed by atoms with van der Waals surface area (Å²) in [6.45, 7) is 6.65. The number of aliphatic hydroxyl groups is 1. The van der Waals surface area contributed by atoms with Gasteiger partial charge in [-0.05, 0) is 36.4 Å². The van der Waals surface area contributed by atoms with Crippen LogP contribution in [-0.2, 0) is 11.3 Å². The van der Waals surface area contributed by atoms with Gasteiger partial charge in [0.25, 0.3) is 0 Å². The number of ether oxygens (including phenoxy) is 1. The Morgan fingerprint density at radius 2 is 2.04 bits per heavy atom. The molecule has 0 spiro atoms. The van der Waals surface area contributed by atoms with Crippen molar-refractivity contribution in [2.45, 2.75) is 38.7 Å². The van der Waals surface area contributed by atoms with Crippen LogP contribution in [0.5, 0.6) is 0 Å². The molecule has 2 aromatic rings. The van der Waals surface area contributed by atoms with Crippen LogP contribution in [0.3, 0.4) is 0 Å². The first-order valence-electron chi connectivity index (χ1n) is 7.85. The molecule has 0 saturated carbocycles. The topological polar surface area (TPSA) is 89.2 Å². The maximum Gasteiger partial charge on any atom is 0.200 e. The number of aromatic nitrogens is 5. The van der Waals surface area contributed by atoms with E-state index >= 15 is 0 Å². The fourth-order valence-electron chi connectivity index (χ4n) is 2.99. The molecule has 23 heavy (non-hydrogen) atoms. The third kappa shape index (κ3) is 4.10. The minimum atomic E-state index is -0.557. The molecule has 1 aliphatic rings. The molecular weight excluding hydrogens is 296 g/mol. The average molecular weight is 318 g/mol. The molecule has 2 aromatic heterocycles. The summed E-state index contributed by atoms with van der Waals surface area (Å²) in [6, 6.07) is 5.57. The van der Waals surface area contributed by atoms with E-state index in [1.54, 1.807) is 10.9 Å². The van der Waals surface area contributed by atoms with Crippen LogP contribution in [0, 0.1) is 0 Å². The number of tetrazole rings is 1.